The predicted molar refractivity (Wildman–Crippen MR) is 56.9 cm³/mol. The topological polar surface area (TPSA) is 55.3 Å². The number of ether oxygens (including phenoxy) is 1. The second-order valence-electron chi connectivity index (χ2n) is 3.51. The molecule has 1 aromatic heterocycles. The lowest BCUT2D eigenvalue weighted by Crippen LogP contribution is -2.36. The maximum absolute atomic E-state index is 11.3. The molecule has 0 spiro atoms. The molecular formula is C9H13N3O2S. The minimum atomic E-state index is -0.0908. The highest BCUT2D eigenvalue weighted by molar-refractivity contribution is 7.09. The summed E-state index contributed by atoms with van der Waals surface area (Å²) >= 11 is 1.39. The maximum Gasteiger partial charge on any atom is 0.308 e. The standard InChI is InChI=1S/C9H13N3O2S/c1-14-8(13)7-2-4-12(5-3-7)9-10-6-11-15-9/h6-7H,2-5H2,1H3. The van der Waals surface area contributed by atoms with Gasteiger partial charge in [0.05, 0.1) is 13.0 Å². The molecule has 0 N–H and O–H groups in total. The van der Waals surface area contributed by atoms with Gasteiger partial charge in [0.1, 0.15) is 6.33 Å². The Hall–Kier alpha value is -1.17. The van der Waals surface area contributed by atoms with Crippen LogP contribution in [0.15, 0.2) is 6.33 Å². The number of hydrogen-bond acceptors (Lipinski definition) is 6. The van der Waals surface area contributed by atoms with Gasteiger partial charge in [-0.1, -0.05) is 0 Å². The molecule has 1 fully saturated rings. The summed E-state index contributed by atoms with van der Waals surface area (Å²) in [7, 11) is 1.44. The molecule has 0 aromatic carbocycles. The summed E-state index contributed by atoms with van der Waals surface area (Å²) < 4.78 is 8.70. The van der Waals surface area contributed by atoms with Crippen molar-refractivity contribution in [2.24, 2.45) is 5.92 Å². The van der Waals surface area contributed by atoms with Crippen LogP contribution in [0.3, 0.4) is 0 Å². The van der Waals surface area contributed by atoms with Crippen LogP contribution in [-0.2, 0) is 9.53 Å². The van der Waals surface area contributed by atoms with E-state index in [1.165, 1.54) is 18.6 Å². The van der Waals surface area contributed by atoms with Crippen molar-refractivity contribution < 1.29 is 9.53 Å². The highest BCUT2D eigenvalue weighted by Gasteiger charge is 2.26. The van der Waals surface area contributed by atoms with E-state index in [0.29, 0.717) is 0 Å². The van der Waals surface area contributed by atoms with Crippen molar-refractivity contribution in [3.8, 4) is 0 Å². The van der Waals surface area contributed by atoms with Gasteiger partial charge in [-0.25, -0.2) is 4.98 Å². The van der Waals surface area contributed by atoms with Crippen LogP contribution in [0.2, 0.25) is 0 Å². The average Bonchev–Trinajstić information content (AvgIpc) is 2.82. The van der Waals surface area contributed by atoms with E-state index >= 15 is 0 Å². The number of anilines is 1. The number of piperidine rings is 1. The largest absolute Gasteiger partial charge is 0.469 e. The molecule has 0 saturated carbocycles. The zero-order valence-corrected chi connectivity index (χ0v) is 9.37. The van der Waals surface area contributed by atoms with Crippen molar-refractivity contribution >= 4 is 22.6 Å². The number of nitrogens with zero attached hydrogens (tertiary/aromatic N) is 3. The van der Waals surface area contributed by atoms with Crippen molar-refractivity contribution in [2.75, 3.05) is 25.1 Å². The molecule has 1 aliphatic rings. The van der Waals surface area contributed by atoms with E-state index < -0.39 is 0 Å². The summed E-state index contributed by atoms with van der Waals surface area (Å²) in [5, 5.41) is 0.943. The molecular weight excluding hydrogens is 214 g/mol. The van der Waals surface area contributed by atoms with Crippen LogP contribution in [0, 0.1) is 5.92 Å². The first kappa shape index (κ1) is 10.4. The molecule has 2 rings (SSSR count). The summed E-state index contributed by atoms with van der Waals surface area (Å²) in [4.78, 5) is 17.6. The molecule has 0 aliphatic carbocycles. The Morgan fingerprint density at radius 2 is 2.33 bits per heavy atom. The number of methoxy groups -OCH3 is 1. The zero-order chi connectivity index (χ0) is 10.7. The van der Waals surface area contributed by atoms with Gasteiger partial charge in [0.2, 0.25) is 5.13 Å². The molecule has 0 bridgehead atoms. The van der Waals surface area contributed by atoms with Gasteiger partial charge < -0.3 is 9.64 Å². The van der Waals surface area contributed by atoms with E-state index in [4.69, 9.17) is 4.74 Å². The van der Waals surface area contributed by atoms with Crippen molar-refractivity contribution in [2.45, 2.75) is 12.8 Å². The second kappa shape index (κ2) is 4.57. The van der Waals surface area contributed by atoms with E-state index in [1.54, 1.807) is 6.33 Å². The van der Waals surface area contributed by atoms with Crippen LogP contribution in [-0.4, -0.2) is 35.5 Å². The molecule has 6 heteroatoms. The zero-order valence-electron chi connectivity index (χ0n) is 8.55. The Morgan fingerprint density at radius 3 is 2.87 bits per heavy atom. The van der Waals surface area contributed by atoms with Gasteiger partial charge in [-0.15, -0.1) is 0 Å². The van der Waals surface area contributed by atoms with E-state index in [0.717, 1.165) is 31.1 Å². The molecule has 2 heterocycles. The van der Waals surface area contributed by atoms with Crippen molar-refractivity contribution in [1.82, 2.24) is 9.36 Å². The fourth-order valence-corrected chi connectivity index (χ4v) is 2.36. The van der Waals surface area contributed by atoms with Gasteiger partial charge >= 0.3 is 5.97 Å². The highest BCUT2D eigenvalue weighted by Crippen LogP contribution is 2.24. The monoisotopic (exact) mass is 227 g/mol. The lowest BCUT2D eigenvalue weighted by Gasteiger charge is -2.29. The smallest absolute Gasteiger partial charge is 0.308 e. The number of hydrogen-bond donors (Lipinski definition) is 0. The van der Waals surface area contributed by atoms with Crippen LogP contribution in [0.4, 0.5) is 5.13 Å². The normalized spacial score (nSPS) is 17.8. The third kappa shape index (κ3) is 2.26. The van der Waals surface area contributed by atoms with E-state index in [9.17, 15) is 4.79 Å². The highest BCUT2D eigenvalue weighted by atomic mass is 32.1. The van der Waals surface area contributed by atoms with Crippen LogP contribution in [0.5, 0.6) is 0 Å². The van der Waals surface area contributed by atoms with Gasteiger partial charge in [0.15, 0.2) is 0 Å². The quantitative estimate of drug-likeness (QED) is 0.703. The van der Waals surface area contributed by atoms with Gasteiger partial charge in [-0.3, -0.25) is 4.79 Å². The van der Waals surface area contributed by atoms with E-state index in [-0.39, 0.29) is 11.9 Å². The Labute approximate surface area is 92.2 Å². The van der Waals surface area contributed by atoms with Crippen molar-refractivity contribution in [1.29, 1.82) is 0 Å². The Morgan fingerprint density at radius 1 is 1.60 bits per heavy atom. The maximum atomic E-state index is 11.3. The lowest BCUT2D eigenvalue weighted by molar-refractivity contribution is -0.146. The van der Waals surface area contributed by atoms with Crippen LogP contribution in [0.25, 0.3) is 0 Å². The first-order valence-electron chi connectivity index (χ1n) is 4.90. The van der Waals surface area contributed by atoms with Crippen molar-refractivity contribution in [3.63, 3.8) is 0 Å². The Bertz CT molecular complexity index is 320. The van der Waals surface area contributed by atoms with E-state index in [2.05, 4.69) is 14.3 Å². The number of rotatable bonds is 2. The number of carbonyl (C=O) groups excluding carboxylic acids is 1. The molecule has 1 aliphatic heterocycles. The minimum absolute atomic E-state index is 0.0548. The Kier molecular flexibility index (Phi) is 3.15. The summed E-state index contributed by atoms with van der Waals surface area (Å²) in [6.45, 7) is 1.71. The fraction of sp³-hybridized carbons (Fsp3) is 0.667. The van der Waals surface area contributed by atoms with Gasteiger partial charge in [-0.05, 0) is 12.8 Å². The SMILES string of the molecule is COC(=O)C1CCN(c2ncns2)CC1. The second-order valence-corrected chi connectivity index (χ2v) is 4.27. The number of esters is 1. The molecule has 5 nitrogen and oxygen atoms in total. The molecule has 0 radical (unpaired) electrons. The summed E-state index contributed by atoms with van der Waals surface area (Å²) in [5.74, 6) is -0.0360. The molecule has 0 unspecified atom stereocenters. The van der Waals surface area contributed by atoms with Crippen LogP contribution < -0.4 is 4.90 Å². The van der Waals surface area contributed by atoms with E-state index in [1.807, 2.05) is 0 Å². The third-order valence-electron chi connectivity index (χ3n) is 2.65. The number of carbonyl (C=O) groups is 1. The average molecular weight is 227 g/mol. The molecule has 1 aromatic rings. The first-order chi connectivity index (χ1) is 7.31. The molecule has 15 heavy (non-hydrogen) atoms. The third-order valence-corrected chi connectivity index (χ3v) is 3.38. The Balaban J connectivity index is 1.90. The fourth-order valence-electron chi connectivity index (χ4n) is 1.78. The summed E-state index contributed by atoms with van der Waals surface area (Å²) in [5.41, 5.74) is 0. The van der Waals surface area contributed by atoms with Crippen LogP contribution in [0.1, 0.15) is 12.8 Å². The molecule has 0 atom stereocenters. The molecule has 82 valence electrons. The summed E-state index contributed by atoms with van der Waals surface area (Å²) in [6, 6.07) is 0. The minimum Gasteiger partial charge on any atom is -0.469 e. The number of aromatic nitrogens is 2. The van der Waals surface area contributed by atoms with Crippen LogP contribution >= 0.6 is 11.5 Å². The predicted octanol–water partition coefficient (Wildman–Crippen LogP) is 0.927. The first-order valence-corrected chi connectivity index (χ1v) is 5.68. The van der Waals surface area contributed by atoms with Gasteiger partial charge in [-0.2, -0.15) is 4.37 Å². The molecule has 1 saturated heterocycles. The molecule has 0 amide bonds. The van der Waals surface area contributed by atoms with Crippen molar-refractivity contribution in [3.05, 3.63) is 6.33 Å². The van der Waals surface area contributed by atoms with Gasteiger partial charge in [0, 0.05) is 24.6 Å². The van der Waals surface area contributed by atoms with Gasteiger partial charge in [0.25, 0.3) is 0 Å². The lowest BCUT2D eigenvalue weighted by atomic mass is 9.97. The summed E-state index contributed by atoms with van der Waals surface area (Å²) in [6.07, 6.45) is 3.24.